The van der Waals surface area contributed by atoms with Crippen molar-refractivity contribution >= 4 is 5.91 Å². The summed E-state index contributed by atoms with van der Waals surface area (Å²) in [6.07, 6.45) is 3.93. The number of amides is 1. The molecule has 1 heterocycles. The fourth-order valence-electron chi connectivity index (χ4n) is 2.87. The summed E-state index contributed by atoms with van der Waals surface area (Å²) >= 11 is 0. The van der Waals surface area contributed by atoms with E-state index in [4.69, 9.17) is 5.73 Å². The lowest BCUT2D eigenvalue weighted by Gasteiger charge is -2.39. The Kier molecular flexibility index (Phi) is 8.11. The highest BCUT2D eigenvalue weighted by Gasteiger charge is 2.22. The number of carbonyl (C=O) groups excluding carboxylic acids is 1. The van der Waals surface area contributed by atoms with Crippen LogP contribution >= 0.6 is 0 Å². The second-order valence-electron chi connectivity index (χ2n) is 5.91. The van der Waals surface area contributed by atoms with E-state index in [0.29, 0.717) is 12.5 Å². The van der Waals surface area contributed by atoms with Crippen LogP contribution in [0.1, 0.15) is 32.6 Å². The minimum absolute atomic E-state index is 0.234. The first-order valence-corrected chi connectivity index (χ1v) is 7.95. The summed E-state index contributed by atoms with van der Waals surface area (Å²) in [5.41, 5.74) is 5.68. The van der Waals surface area contributed by atoms with Gasteiger partial charge in [0, 0.05) is 52.7 Å². The Bertz CT molecular complexity index is 275. The zero-order chi connectivity index (χ0) is 15.0. The normalized spacial score (nSPS) is 19.0. The van der Waals surface area contributed by atoms with Crippen LogP contribution in [0.5, 0.6) is 0 Å². The first-order valence-electron chi connectivity index (χ1n) is 7.95. The molecule has 0 spiro atoms. The lowest BCUT2D eigenvalue weighted by Crippen LogP contribution is -2.50. The minimum atomic E-state index is 0.234. The molecule has 5 heteroatoms. The van der Waals surface area contributed by atoms with Crippen molar-refractivity contribution in [1.82, 2.24) is 14.7 Å². The molecule has 118 valence electrons. The van der Waals surface area contributed by atoms with E-state index in [2.05, 4.69) is 16.7 Å². The highest BCUT2D eigenvalue weighted by Crippen LogP contribution is 2.12. The van der Waals surface area contributed by atoms with Gasteiger partial charge in [-0.05, 0) is 32.4 Å². The molecule has 1 aliphatic heterocycles. The number of nitrogens with two attached hydrogens (primary N) is 1. The van der Waals surface area contributed by atoms with Gasteiger partial charge in [0.25, 0.3) is 0 Å². The average molecular weight is 284 g/mol. The smallest absolute Gasteiger partial charge is 0.222 e. The van der Waals surface area contributed by atoms with Crippen molar-refractivity contribution < 1.29 is 4.79 Å². The van der Waals surface area contributed by atoms with Gasteiger partial charge in [0.05, 0.1) is 0 Å². The monoisotopic (exact) mass is 284 g/mol. The van der Waals surface area contributed by atoms with Crippen LogP contribution < -0.4 is 5.73 Å². The molecule has 1 amide bonds. The van der Waals surface area contributed by atoms with E-state index in [-0.39, 0.29) is 5.91 Å². The molecule has 1 fully saturated rings. The second kappa shape index (κ2) is 9.32. The quantitative estimate of drug-likeness (QED) is 0.709. The summed E-state index contributed by atoms with van der Waals surface area (Å²) in [4.78, 5) is 18.3. The fraction of sp³-hybridized carbons (Fsp3) is 0.933. The maximum atomic E-state index is 11.5. The van der Waals surface area contributed by atoms with Crippen LogP contribution in [0.2, 0.25) is 0 Å². The molecule has 1 rings (SSSR count). The Morgan fingerprint density at radius 2 is 1.90 bits per heavy atom. The topological polar surface area (TPSA) is 52.8 Å². The molecule has 0 saturated carbocycles. The lowest BCUT2D eigenvalue weighted by molar-refractivity contribution is -0.128. The summed E-state index contributed by atoms with van der Waals surface area (Å²) in [6, 6.07) is 0.650. The summed E-state index contributed by atoms with van der Waals surface area (Å²) in [5.74, 6) is 0.234. The predicted octanol–water partition coefficient (Wildman–Crippen LogP) is 0.600. The summed E-state index contributed by atoms with van der Waals surface area (Å²) in [7, 11) is 3.65. The number of rotatable bonds is 8. The molecule has 1 unspecified atom stereocenters. The molecule has 0 aromatic rings. The van der Waals surface area contributed by atoms with Crippen LogP contribution in [0.15, 0.2) is 0 Å². The minimum Gasteiger partial charge on any atom is -0.349 e. The largest absolute Gasteiger partial charge is 0.349 e. The van der Waals surface area contributed by atoms with Crippen LogP contribution in [-0.2, 0) is 4.79 Å². The van der Waals surface area contributed by atoms with Crippen molar-refractivity contribution in [2.24, 2.45) is 5.73 Å². The zero-order valence-electron chi connectivity index (χ0n) is 13.5. The van der Waals surface area contributed by atoms with E-state index in [0.717, 1.165) is 52.1 Å². The standard InChI is InChI=1S/C15H32N4O/c1-4-14(7-8-16)19-12-10-18(11-13-19)9-5-6-15(20)17(2)3/h14H,4-13,16H2,1-3H3. The van der Waals surface area contributed by atoms with Crippen molar-refractivity contribution in [2.45, 2.75) is 38.6 Å². The molecule has 20 heavy (non-hydrogen) atoms. The van der Waals surface area contributed by atoms with Gasteiger partial charge in [0.1, 0.15) is 0 Å². The van der Waals surface area contributed by atoms with Crippen LogP contribution in [0.25, 0.3) is 0 Å². The van der Waals surface area contributed by atoms with Crippen LogP contribution in [0, 0.1) is 0 Å². The molecule has 0 bridgehead atoms. The molecule has 0 aromatic carbocycles. The molecule has 0 aliphatic carbocycles. The molecule has 1 saturated heterocycles. The number of hydrogen-bond donors (Lipinski definition) is 1. The molecule has 0 radical (unpaired) electrons. The first-order chi connectivity index (χ1) is 9.58. The molecule has 5 nitrogen and oxygen atoms in total. The Morgan fingerprint density at radius 3 is 2.40 bits per heavy atom. The van der Waals surface area contributed by atoms with Gasteiger partial charge in [-0.3, -0.25) is 9.69 Å². The van der Waals surface area contributed by atoms with E-state index in [1.807, 2.05) is 14.1 Å². The summed E-state index contributed by atoms with van der Waals surface area (Å²) < 4.78 is 0. The van der Waals surface area contributed by atoms with Gasteiger partial charge >= 0.3 is 0 Å². The van der Waals surface area contributed by atoms with Gasteiger partial charge in [-0.15, -0.1) is 0 Å². The van der Waals surface area contributed by atoms with Gasteiger partial charge in [0.2, 0.25) is 5.91 Å². The van der Waals surface area contributed by atoms with E-state index < -0.39 is 0 Å². The van der Waals surface area contributed by atoms with Gasteiger partial charge in [-0.1, -0.05) is 6.92 Å². The fourth-order valence-corrected chi connectivity index (χ4v) is 2.87. The van der Waals surface area contributed by atoms with Crippen molar-refractivity contribution in [3.8, 4) is 0 Å². The Morgan fingerprint density at radius 1 is 1.25 bits per heavy atom. The van der Waals surface area contributed by atoms with Crippen LogP contribution in [-0.4, -0.2) is 80.0 Å². The third-order valence-corrected chi connectivity index (χ3v) is 4.26. The van der Waals surface area contributed by atoms with Crippen molar-refractivity contribution in [3.63, 3.8) is 0 Å². The average Bonchev–Trinajstić information content (AvgIpc) is 2.45. The molecule has 2 N–H and O–H groups in total. The van der Waals surface area contributed by atoms with E-state index in [1.165, 1.54) is 6.42 Å². The molecular formula is C15H32N4O. The molecular weight excluding hydrogens is 252 g/mol. The maximum absolute atomic E-state index is 11.5. The maximum Gasteiger partial charge on any atom is 0.222 e. The zero-order valence-corrected chi connectivity index (χ0v) is 13.5. The van der Waals surface area contributed by atoms with Gasteiger partial charge in [-0.25, -0.2) is 0 Å². The molecule has 1 aliphatic rings. The van der Waals surface area contributed by atoms with Crippen molar-refractivity contribution in [1.29, 1.82) is 0 Å². The molecule has 1 atom stereocenters. The third-order valence-electron chi connectivity index (χ3n) is 4.26. The van der Waals surface area contributed by atoms with E-state index >= 15 is 0 Å². The Balaban J connectivity index is 2.20. The van der Waals surface area contributed by atoms with Crippen molar-refractivity contribution in [2.75, 3.05) is 53.4 Å². The highest BCUT2D eigenvalue weighted by molar-refractivity contribution is 5.75. The highest BCUT2D eigenvalue weighted by atomic mass is 16.2. The molecule has 0 aromatic heterocycles. The number of piperazine rings is 1. The Labute approximate surface area is 124 Å². The first kappa shape index (κ1) is 17.4. The Hall–Kier alpha value is -0.650. The van der Waals surface area contributed by atoms with Gasteiger partial charge < -0.3 is 15.5 Å². The van der Waals surface area contributed by atoms with Gasteiger partial charge in [-0.2, -0.15) is 0 Å². The number of nitrogens with zero attached hydrogens (tertiary/aromatic N) is 3. The third kappa shape index (κ3) is 5.77. The van der Waals surface area contributed by atoms with Crippen LogP contribution in [0.3, 0.4) is 0 Å². The second-order valence-corrected chi connectivity index (χ2v) is 5.91. The van der Waals surface area contributed by atoms with Crippen LogP contribution in [0.4, 0.5) is 0 Å². The predicted molar refractivity (Wildman–Crippen MR) is 83.7 cm³/mol. The van der Waals surface area contributed by atoms with E-state index in [9.17, 15) is 4.79 Å². The van der Waals surface area contributed by atoms with E-state index in [1.54, 1.807) is 4.90 Å². The SMILES string of the molecule is CCC(CCN)N1CCN(CCCC(=O)N(C)C)CC1. The summed E-state index contributed by atoms with van der Waals surface area (Å²) in [5, 5.41) is 0. The van der Waals surface area contributed by atoms with Gasteiger partial charge in [0.15, 0.2) is 0 Å². The lowest BCUT2D eigenvalue weighted by atomic mass is 10.1. The number of hydrogen-bond acceptors (Lipinski definition) is 4. The van der Waals surface area contributed by atoms with Crippen molar-refractivity contribution in [3.05, 3.63) is 0 Å². The summed E-state index contributed by atoms with van der Waals surface area (Å²) in [6.45, 7) is 8.60. The number of carbonyl (C=O) groups is 1.